The number of aryl methyl sites for hydroxylation is 1. The van der Waals surface area contributed by atoms with Crippen molar-refractivity contribution in [3.63, 3.8) is 0 Å². The van der Waals surface area contributed by atoms with Gasteiger partial charge in [-0.15, -0.1) is 0 Å². The highest BCUT2D eigenvalue weighted by Gasteiger charge is 2.11. The molecule has 2 aromatic rings. The lowest BCUT2D eigenvalue weighted by atomic mass is 9.94. The minimum absolute atomic E-state index is 0.191. The fourth-order valence-corrected chi connectivity index (χ4v) is 2.27. The van der Waals surface area contributed by atoms with E-state index in [1.165, 1.54) is 11.6 Å². The Morgan fingerprint density at radius 2 is 1.95 bits per heavy atom. The summed E-state index contributed by atoms with van der Waals surface area (Å²) in [5, 5.41) is 3.22. The van der Waals surface area contributed by atoms with Crippen LogP contribution in [0, 0.1) is 5.82 Å². The molecule has 0 saturated heterocycles. The molecule has 2 heteroatoms. The average molecular weight is 257 g/mol. The number of rotatable bonds is 4. The van der Waals surface area contributed by atoms with Crippen LogP contribution in [0.5, 0.6) is 0 Å². The summed E-state index contributed by atoms with van der Waals surface area (Å²) in [6.45, 7) is 4.21. The van der Waals surface area contributed by atoms with Gasteiger partial charge in [-0.2, -0.15) is 0 Å². The normalized spacial score (nSPS) is 12.4. The van der Waals surface area contributed by atoms with E-state index < -0.39 is 0 Å². The fraction of sp³-hybridized carbons (Fsp3) is 0.294. The molecule has 0 aliphatic carbocycles. The summed E-state index contributed by atoms with van der Waals surface area (Å²) >= 11 is 0. The molecule has 2 aromatic carbocycles. The SMILES string of the molecule is CCc1cccc(-c2cc(F)ccc2C(C)NC)c1. The standard InChI is InChI=1S/C17H20FN/c1-4-13-6-5-7-14(10-13)17-11-15(18)8-9-16(17)12(2)19-3/h5-12,19H,4H2,1-3H3. The number of benzene rings is 2. The fourth-order valence-electron chi connectivity index (χ4n) is 2.27. The summed E-state index contributed by atoms with van der Waals surface area (Å²) in [5.41, 5.74) is 4.44. The van der Waals surface area contributed by atoms with Crippen LogP contribution in [0.25, 0.3) is 11.1 Å². The van der Waals surface area contributed by atoms with Gasteiger partial charge in [-0.3, -0.25) is 0 Å². The third kappa shape index (κ3) is 3.02. The number of halogens is 1. The van der Waals surface area contributed by atoms with Crippen LogP contribution in [0.4, 0.5) is 4.39 Å². The van der Waals surface area contributed by atoms with E-state index in [4.69, 9.17) is 0 Å². The molecule has 0 spiro atoms. The van der Waals surface area contributed by atoms with Crippen LogP contribution in [-0.2, 0) is 6.42 Å². The zero-order valence-electron chi connectivity index (χ0n) is 11.7. The van der Waals surface area contributed by atoms with Gasteiger partial charge < -0.3 is 5.32 Å². The lowest BCUT2D eigenvalue weighted by Crippen LogP contribution is -2.13. The number of hydrogen-bond acceptors (Lipinski definition) is 1. The maximum Gasteiger partial charge on any atom is 0.123 e. The topological polar surface area (TPSA) is 12.0 Å². The zero-order chi connectivity index (χ0) is 13.8. The van der Waals surface area contributed by atoms with Crippen LogP contribution in [0.1, 0.15) is 31.0 Å². The van der Waals surface area contributed by atoms with Crippen LogP contribution in [0.3, 0.4) is 0 Å². The van der Waals surface area contributed by atoms with Crippen molar-refractivity contribution in [2.75, 3.05) is 7.05 Å². The molecule has 1 N–H and O–H groups in total. The highest BCUT2D eigenvalue weighted by molar-refractivity contribution is 5.68. The molecule has 2 rings (SSSR count). The minimum atomic E-state index is -0.191. The van der Waals surface area contributed by atoms with Crippen LogP contribution in [0.15, 0.2) is 42.5 Å². The van der Waals surface area contributed by atoms with Crippen molar-refractivity contribution in [3.8, 4) is 11.1 Å². The Labute approximate surface area is 114 Å². The van der Waals surface area contributed by atoms with Crippen molar-refractivity contribution >= 4 is 0 Å². The summed E-state index contributed by atoms with van der Waals surface area (Å²) in [4.78, 5) is 0. The molecule has 1 unspecified atom stereocenters. The van der Waals surface area contributed by atoms with Crippen LogP contribution < -0.4 is 5.32 Å². The molecule has 0 bridgehead atoms. The van der Waals surface area contributed by atoms with Gasteiger partial charge in [0.05, 0.1) is 0 Å². The third-order valence-corrected chi connectivity index (χ3v) is 3.56. The molecule has 1 nitrogen and oxygen atoms in total. The second-order valence-corrected chi connectivity index (χ2v) is 4.80. The summed E-state index contributed by atoms with van der Waals surface area (Å²) in [7, 11) is 1.92. The van der Waals surface area contributed by atoms with Gasteiger partial charge in [-0.05, 0) is 54.8 Å². The zero-order valence-corrected chi connectivity index (χ0v) is 11.7. The smallest absolute Gasteiger partial charge is 0.123 e. The van der Waals surface area contributed by atoms with Crippen molar-refractivity contribution in [3.05, 3.63) is 59.4 Å². The molecule has 0 aromatic heterocycles. The van der Waals surface area contributed by atoms with E-state index in [1.807, 2.05) is 25.2 Å². The first-order chi connectivity index (χ1) is 9.15. The Morgan fingerprint density at radius 1 is 1.16 bits per heavy atom. The first-order valence-electron chi connectivity index (χ1n) is 6.71. The van der Waals surface area contributed by atoms with E-state index >= 15 is 0 Å². The first-order valence-corrected chi connectivity index (χ1v) is 6.71. The van der Waals surface area contributed by atoms with E-state index in [0.717, 1.165) is 23.1 Å². The van der Waals surface area contributed by atoms with Gasteiger partial charge in [0, 0.05) is 6.04 Å². The van der Waals surface area contributed by atoms with E-state index in [1.54, 1.807) is 6.07 Å². The minimum Gasteiger partial charge on any atom is -0.313 e. The van der Waals surface area contributed by atoms with Gasteiger partial charge in [0.15, 0.2) is 0 Å². The number of hydrogen-bond donors (Lipinski definition) is 1. The Morgan fingerprint density at radius 3 is 2.63 bits per heavy atom. The van der Waals surface area contributed by atoms with Gasteiger partial charge >= 0.3 is 0 Å². The Hall–Kier alpha value is -1.67. The quantitative estimate of drug-likeness (QED) is 0.859. The van der Waals surface area contributed by atoms with E-state index in [2.05, 4.69) is 31.3 Å². The highest BCUT2D eigenvalue weighted by Crippen LogP contribution is 2.29. The van der Waals surface area contributed by atoms with Gasteiger partial charge in [-0.1, -0.05) is 37.3 Å². The van der Waals surface area contributed by atoms with Gasteiger partial charge in [0.2, 0.25) is 0 Å². The van der Waals surface area contributed by atoms with Crippen LogP contribution in [-0.4, -0.2) is 7.05 Å². The van der Waals surface area contributed by atoms with Crippen LogP contribution >= 0.6 is 0 Å². The van der Waals surface area contributed by atoms with E-state index in [9.17, 15) is 4.39 Å². The first kappa shape index (κ1) is 13.8. The van der Waals surface area contributed by atoms with Crippen molar-refractivity contribution in [1.82, 2.24) is 5.32 Å². The van der Waals surface area contributed by atoms with Gasteiger partial charge in [0.25, 0.3) is 0 Å². The molecule has 1 atom stereocenters. The molecule has 0 radical (unpaired) electrons. The molecule has 100 valence electrons. The van der Waals surface area contributed by atoms with E-state index in [0.29, 0.717) is 0 Å². The molecule has 19 heavy (non-hydrogen) atoms. The molecule has 0 saturated carbocycles. The molecule has 0 amide bonds. The van der Waals surface area contributed by atoms with Crippen LogP contribution in [0.2, 0.25) is 0 Å². The predicted octanol–water partition coefficient (Wildman–Crippen LogP) is 4.34. The molecule has 0 heterocycles. The largest absolute Gasteiger partial charge is 0.313 e. The summed E-state index contributed by atoms with van der Waals surface area (Å²) in [6.07, 6.45) is 0.986. The molecular formula is C17H20FN. The maximum atomic E-state index is 13.6. The Bertz CT molecular complexity index is 563. The molecular weight excluding hydrogens is 237 g/mol. The number of nitrogens with one attached hydrogen (secondary N) is 1. The van der Waals surface area contributed by atoms with Crippen molar-refractivity contribution in [2.24, 2.45) is 0 Å². The second-order valence-electron chi connectivity index (χ2n) is 4.80. The highest BCUT2D eigenvalue weighted by atomic mass is 19.1. The summed E-state index contributed by atoms with van der Waals surface area (Å²) in [5.74, 6) is -0.191. The summed E-state index contributed by atoms with van der Waals surface area (Å²) in [6, 6.07) is 13.5. The van der Waals surface area contributed by atoms with Crippen molar-refractivity contribution in [2.45, 2.75) is 26.3 Å². The summed E-state index contributed by atoms with van der Waals surface area (Å²) < 4.78 is 13.6. The molecule has 0 aliphatic heterocycles. The van der Waals surface area contributed by atoms with Crippen molar-refractivity contribution < 1.29 is 4.39 Å². The third-order valence-electron chi connectivity index (χ3n) is 3.56. The monoisotopic (exact) mass is 257 g/mol. The van der Waals surface area contributed by atoms with Gasteiger partial charge in [-0.25, -0.2) is 4.39 Å². The second kappa shape index (κ2) is 5.98. The predicted molar refractivity (Wildman–Crippen MR) is 78.7 cm³/mol. The van der Waals surface area contributed by atoms with Gasteiger partial charge in [0.1, 0.15) is 5.82 Å². The Balaban J connectivity index is 2.55. The van der Waals surface area contributed by atoms with E-state index in [-0.39, 0.29) is 11.9 Å². The molecule has 0 fully saturated rings. The van der Waals surface area contributed by atoms with Crippen molar-refractivity contribution in [1.29, 1.82) is 0 Å². The Kier molecular flexibility index (Phi) is 4.33. The average Bonchev–Trinajstić information content (AvgIpc) is 2.46. The molecule has 0 aliphatic rings. The lowest BCUT2D eigenvalue weighted by molar-refractivity contribution is 0.620. The maximum absolute atomic E-state index is 13.6. The lowest BCUT2D eigenvalue weighted by Gasteiger charge is -2.16.